The summed E-state index contributed by atoms with van der Waals surface area (Å²) in [6, 6.07) is 10.0. The van der Waals surface area contributed by atoms with E-state index in [1.54, 1.807) is 12.1 Å². The summed E-state index contributed by atoms with van der Waals surface area (Å²) < 4.78 is 38.7. The third-order valence-corrected chi connectivity index (χ3v) is 6.99. The molecular weight excluding hydrogens is 438 g/mol. The minimum atomic E-state index is -4.15. The number of β-amino-alcohol motifs (C(OH)–C–C–N with tert-alkyl or cyclic N) is 1. The fourth-order valence-electron chi connectivity index (χ4n) is 3.48. The molecule has 2 aromatic rings. The van der Waals surface area contributed by atoms with Crippen molar-refractivity contribution in [1.82, 2.24) is 4.90 Å². The molecule has 32 heavy (non-hydrogen) atoms. The van der Waals surface area contributed by atoms with Crippen molar-refractivity contribution in [3.63, 3.8) is 0 Å². The summed E-state index contributed by atoms with van der Waals surface area (Å²) in [7, 11) is -2.80. The van der Waals surface area contributed by atoms with E-state index in [2.05, 4.69) is 0 Å². The number of nitro groups is 1. The first-order chi connectivity index (χ1) is 15.2. The highest BCUT2D eigenvalue weighted by molar-refractivity contribution is 7.92. The number of rotatable bonds is 9. The number of methoxy groups -OCH3 is 1. The van der Waals surface area contributed by atoms with Gasteiger partial charge in [0.2, 0.25) is 0 Å². The van der Waals surface area contributed by atoms with Crippen LogP contribution in [0.1, 0.15) is 5.56 Å². The molecule has 174 valence electrons. The Morgan fingerprint density at radius 2 is 1.88 bits per heavy atom. The highest BCUT2D eigenvalue weighted by atomic mass is 32.2. The number of hydrogen-bond acceptors (Lipinski definition) is 8. The van der Waals surface area contributed by atoms with E-state index < -0.39 is 21.1 Å². The summed E-state index contributed by atoms with van der Waals surface area (Å²) in [5, 5.41) is 22.1. The van der Waals surface area contributed by atoms with Crippen LogP contribution in [0.25, 0.3) is 0 Å². The van der Waals surface area contributed by atoms with E-state index in [0.717, 1.165) is 15.9 Å². The Kier molecular flexibility index (Phi) is 7.67. The highest BCUT2D eigenvalue weighted by Crippen LogP contribution is 2.36. The number of aryl methyl sites for hydroxylation is 1. The van der Waals surface area contributed by atoms with Gasteiger partial charge in [-0.25, -0.2) is 8.42 Å². The second-order valence-electron chi connectivity index (χ2n) is 7.53. The monoisotopic (exact) mass is 465 g/mol. The van der Waals surface area contributed by atoms with Crippen molar-refractivity contribution in [2.24, 2.45) is 0 Å². The number of hydrogen-bond donors (Lipinski definition) is 1. The quantitative estimate of drug-likeness (QED) is 0.439. The maximum atomic E-state index is 13.6. The lowest BCUT2D eigenvalue weighted by atomic mass is 10.2. The van der Waals surface area contributed by atoms with Crippen molar-refractivity contribution in [3.8, 4) is 5.75 Å². The number of benzene rings is 2. The molecule has 1 saturated heterocycles. The van der Waals surface area contributed by atoms with Crippen molar-refractivity contribution < 1.29 is 27.9 Å². The highest BCUT2D eigenvalue weighted by Gasteiger charge is 2.31. The summed E-state index contributed by atoms with van der Waals surface area (Å²) in [5.74, 6) is 0.143. The second kappa shape index (κ2) is 10.3. The number of non-ortho nitro benzene ring substituents is 1. The molecule has 3 rings (SSSR count). The van der Waals surface area contributed by atoms with Crippen molar-refractivity contribution in [3.05, 3.63) is 58.1 Å². The summed E-state index contributed by atoms with van der Waals surface area (Å²) >= 11 is 0. The van der Waals surface area contributed by atoms with Gasteiger partial charge >= 0.3 is 0 Å². The van der Waals surface area contributed by atoms with Gasteiger partial charge in [0, 0.05) is 31.8 Å². The summed E-state index contributed by atoms with van der Waals surface area (Å²) in [5.41, 5.74) is 0.589. The van der Waals surface area contributed by atoms with Crippen LogP contribution in [-0.4, -0.2) is 76.0 Å². The van der Waals surface area contributed by atoms with Gasteiger partial charge in [-0.15, -0.1) is 0 Å². The fraction of sp³-hybridized carbons (Fsp3) is 0.429. The third kappa shape index (κ3) is 5.54. The lowest BCUT2D eigenvalue weighted by Crippen LogP contribution is -2.46. The molecule has 1 aliphatic rings. The first kappa shape index (κ1) is 23.9. The summed E-state index contributed by atoms with van der Waals surface area (Å²) in [4.78, 5) is 12.7. The van der Waals surface area contributed by atoms with Gasteiger partial charge in [-0.05, 0) is 25.1 Å². The van der Waals surface area contributed by atoms with Crippen LogP contribution in [0.5, 0.6) is 5.75 Å². The van der Waals surface area contributed by atoms with Crippen molar-refractivity contribution in [2.45, 2.75) is 17.9 Å². The van der Waals surface area contributed by atoms with Gasteiger partial charge < -0.3 is 14.6 Å². The lowest BCUT2D eigenvalue weighted by molar-refractivity contribution is -0.384. The number of anilines is 1. The van der Waals surface area contributed by atoms with Gasteiger partial charge in [0.25, 0.3) is 15.7 Å². The lowest BCUT2D eigenvalue weighted by Gasteiger charge is -2.32. The first-order valence-electron chi connectivity index (χ1n) is 10.1. The van der Waals surface area contributed by atoms with Gasteiger partial charge in [-0.3, -0.25) is 19.3 Å². The van der Waals surface area contributed by atoms with Crippen LogP contribution in [0.15, 0.2) is 47.4 Å². The number of sulfonamides is 1. The minimum absolute atomic E-state index is 0.00947. The van der Waals surface area contributed by atoms with Crippen molar-refractivity contribution >= 4 is 21.4 Å². The molecule has 1 N–H and O–H groups in total. The van der Waals surface area contributed by atoms with E-state index >= 15 is 0 Å². The zero-order chi connectivity index (χ0) is 23.3. The Labute approximate surface area is 187 Å². The second-order valence-corrected chi connectivity index (χ2v) is 9.39. The van der Waals surface area contributed by atoms with Crippen LogP contribution in [0.4, 0.5) is 11.4 Å². The molecular formula is C21H27N3O7S. The van der Waals surface area contributed by atoms with E-state index in [0.29, 0.717) is 26.3 Å². The minimum Gasteiger partial charge on any atom is -0.495 e. The molecule has 0 saturated carbocycles. The number of ether oxygens (including phenoxy) is 2. The van der Waals surface area contributed by atoms with Crippen molar-refractivity contribution in [2.75, 3.05) is 50.8 Å². The molecule has 0 unspecified atom stereocenters. The molecule has 0 spiro atoms. The maximum absolute atomic E-state index is 13.6. The van der Waals surface area contributed by atoms with E-state index in [9.17, 15) is 23.6 Å². The molecule has 10 nitrogen and oxygen atoms in total. The molecule has 11 heteroatoms. The Bertz CT molecular complexity index is 1040. The Balaban J connectivity index is 2.02. The Hall–Kier alpha value is -2.73. The SMILES string of the molecule is COc1ccc([N+](=O)[O-])cc1N(C[C@@H](O)CN1CCOCC1)S(=O)(=O)c1ccc(C)cc1. The molecule has 0 bridgehead atoms. The molecule has 0 aromatic heterocycles. The normalized spacial score (nSPS) is 15.8. The number of nitro benzene ring substituents is 1. The topological polar surface area (TPSA) is 122 Å². The molecule has 1 aliphatic heterocycles. The zero-order valence-corrected chi connectivity index (χ0v) is 18.8. The third-order valence-electron chi connectivity index (χ3n) is 5.20. The van der Waals surface area contributed by atoms with E-state index in [-0.39, 0.29) is 35.1 Å². The number of aliphatic hydroxyl groups excluding tert-OH is 1. The molecule has 1 atom stereocenters. The van der Waals surface area contributed by atoms with Crippen LogP contribution >= 0.6 is 0 Å². The van der Waals surface area contributed by atoms with Gasteiger partial charge in [-0.1, -0.05) is 17.7 Å². The van der Waals surface area contributed by atoms with E-state index in [1.807, 2.05) is 11.8 Å². The van der Waals surface area contributed by atoms with Gasteiger partial charge in [0.1, 0.15) is 11.4 Å². The molecule has 0 amide bonds. The average Bonchev–Trinajstić information content (AvgIpc) is 2.78. The van der Waals surface area contributed by atoms with Gasteiger partial charge in [0.15, 0.2) is 0 Å². The number of aliphatic hydroxyl groups is 1. The van der Waals surface area contributed by atoms with Crippen LogP contribution in [0.3, 0.4) is 0 Å². The van der Waals surface area contributed by atoms with Crippen molar-refractivity contribution in [1.29, 1.82) is 0 Å². The molecule has 0 radical (unpaired) electrons. The van der Waals surface area contributed by atoms with Gasteiger partial charge in [0.05, 0.1) is 42.8 Å². The summed E-state index contributed by atoms with van der Waals surface area (Å²) in [6.07, 6.45) is -1.04. The summed E-state index contributed by atoms with van der Waals surface area (Å²) in [6.45, 7) is 4.10. The fourth-order valence-corrected chi connectivity index (χ4v) is 4.99. The molecule has 1 fully saturated rings. The van der Waals surface area contributed by atoms with Crippen LogP contribution in [-0.2, 0) is 14.8 Å². The zero-order valence-electron chi connectivity index (χ0n) is 18.0. The molecule has 0 aliphatic carbocycles. The smallest absolute Gasteiger partial charge is 0.271 e. The maximum Gasteiger partial charge on any atom is 0.271 e. The predicted molar refractivity (Wildman–Crippen MR) is 119 cm³/mol. The average molecular weight is 466 g/mol. The number of nitrogens with zero attached hydrogens (tertiary/aromatic N) is 3. The largest absolute Gasteiger partial charge is 0.495 e. The Morgan fingerprint density at radius 1 is 1.22 bits per heavy atom. The number of morpholine rings is 1. The van der Waals surface area contributed by atoms with Crippen LogP contribution in [0.2, 0.25) is 0 Å². The van der Waals surface area contributed by atoms with E-state index in [4.69, 9.17) is 9.47 Å². The van der Waals surface area contributed by atoms with Crippen LogP contribution < -0.4 is 9.04 Å². The van der Waals surface area contributed by atoms with E-state index in [1.165, 1.54) is 31.4 Å². The molecule has 1 heterocycles. The first-order valence-corrected chi connectivity index (χ1v) is 11.6. The Morgan fingerprint density at radius 3 is 2.47 bits per heavy atom. The van der Waals surface area contributed by atoms with Gasteiger partial charge in [-0.2, -0.15) is 0 Å². The predicted octanol–water partition coefficient (Wildman–Crippen LogP) is 1.80. The van der Waals surface area contributed by atoms with Crippen LogP contribution in [0, 0.1) is 17.0 Å². The standard InChI is InChI=1S/C21H27N3O7S/c1-16-3-6-19(7-4-16)32(28,29)23(15-18(25)14-22-9-11-31-12-10-22)20-13-17(24(26)27)5-8-21(20)30-2/h3-8,13,18,25H,9-12,14-15H2,1-2H3/t18-/m0/s1. The molecule has 2 aromatic carbocycles.